The van der Waals surface area contributed by atoms with Crippen molar-refractivity contribution in [3.05, 3.63) is 28.1 Å². The molecule has 0 aliphatic heterocycles. The Morgan fingerprint density at radius 1 is 1.28 bits per heavy atom. The molecule has 6 nitrogen and oxygen atoms in total. The number of aryl methyl sites for hydroxylation is 2. The second-order valence-corrected chi connectivity index (χ2v) is 7.86. The van der Waals surface area contributed by atoms with Gasteiger partial charge in [-0.15, -0.1) is 11.3 Å². The van der Waals surface area contributed by atoms with Crippen LogP contribution >= 0.6 is 11.3 Å². The summed E-state index contributed by atoms with van der Waals surface area (Å²) in [7, 11) is 4.07. The Bertz CT molecular complexity index is 877. The van der Waals surface area contributed by atoms with Gasteiger partial charge in [-0.3, -0.25) is 4.68 Å². The first-order valence-electron chi connectivity index (χ1n) is 8.93. The first-order chi connectivity index (χ1) is 12.1. The van der Waals surface area contributed by atoms with Crippen LogP contribution in [0.4, 0.5) is 5.82 Å². The van der Waals surface area contributed by atoms with Crippen LogP contribution in [0, 0.1) is 6.92 Å². The molecule has 1 saturated carbocycles. The van der Waals surface area contributed by atoms with E-state index in [4.69, 9.17) is 9.97 Å². The summed E-state index contributed by atoms with van der Waals surface area (Å²) >= 11 is 1.73. The van der Waals surface area contributed by atoms with E-state index in [1.54, 1.807) is 11.3 Å². The summed E-state index contributed by atoms with van der Waals surface area (Å²) in [4.78, 5) is 17.7. The summed E-state index contributed by atoms with van der Waals surface area (Å²) in [5.41, 5.74) is 4.00. The molecule has 1 aliphatic rings. The number of rotatable bonds is 5. The lowest BCUT2D eigenvalue weighted by atomic mass is 10.1. The lowest BCUT2D eigenvalue weighted by Crippen LogP contribution is -2.22. The summed E-state index contributed by atoms with van der Waals surface area (Å²) in [6.45, 7) is 2.99. The van der Waals surface area contributed by atoms with Gasteiger partial charge in [0, 0.05) is 37.9 Å². The molecule has 0 N–H and O–H groups in total. The van der Waals surface area contributed by atoms with Crippen LogP contribution in [0.3, 0.4) is 0 Å². The Balaban J connectivity index is 1.65. The molecule has 3 aromatic heterocycles. The summed E-state index contributed by atoms with van der Waals surface area (Å²) in [5.74, 6) is 2.49. The molecule has 7 heteroatoms. The van der Waals surface area contributed by atoms with E-state index >= 15 is 0 Å². The molecule has 0 atom stereocenters. The quantitative estimate of drug-likeness (QED) is 0.700. The van der Waals surface area contributed by atoms with Crippen LogP contribution in [0.1, 0.15) is 48.0 Å². The number of fused-ring (bicyclic) bond motifs is 1. The minimum atomic E-state index is 0.496. The van der Waals surface area contributed by atoms with E-state index in [2.05, 4.69) is 29.0 Å². The normalized spacial score (nSPS) is 15.3. The van der Waals surface area contributed by atoms with E-state index in [0.717, 1.165) is 41.3 Å². The van der Waals surface area contributed by atoms with Gasteiger partial charge in [0.2, 0.25) is 0 Å². The van der Waals surface area contributed by atoms with Crippen molar-refractivity contribution in [2.24, 2.45) is 7.05 Å². The van der Waals surface area contributed by atoms with Gasteiger partial charge in [-0.2, -0.15) is 5.10 Å². The number of likely N-dealkylation sites (N-methyl/N-ethyl adjacent to an activating group) is 1. The van der Waals surface area contributed by atoms with Crippen LogP contribution in [0.15, 0.2) is 11.7 Å². The third-order valence-corrected chi connectivity index (χ3v) is 6.19. The first-order valence-corrected chi connectivity index (χ1v) is 9.81. The van der Waals surface area contributed by atoms with E-state index in [-0.39, 0.29) is 0 Å². The van der Waals surface area contributed by atoms with Crippen LogP contribution in [0.5, 0.6) is 0 Å². The molecule has 0 radical (unpaired) electrons. The second-order valence-electron chi connectivity index (χ2n) is 6.92. The molecule has 0 aromatic carbocycles. The fourth-order valence-corrected chi connectivity index (χ4v) is 4.39. The van der Waals surface area contributed by atoms with E-state index in [1.807, 2.05) is 23.4 Å². The monoisotopic (exact) mass is 356 g/mol. The van der Waals surface area contributed by atoms with Crippen molar-refractivity contribution < 1.29 is 0 Å². The van der Waals surface area contributed by atoms with E-state index < -0.39 is 0 Å². The largest absolute Gasteiger partial charge is 0.359 e. The minimum Gasteiger partial charge on any atom is -0.359 e. The molecule has 0 saturated heterocycles. The lowest BCUT2D eigenvalue weighted by molar-refractivity contribution is 0.664. The smallest absolute Gasteiger partial charge is 0.163 e. The van der Waals surface area contributed by atoms with Gasteiger partial charge in [-0.25, -0.2) is 15.0 Å². The molecule has 25 heavy (non-hydrogen) atoms. The Hall–Kier alpha value is -2.02. The van der Waals surface area contributed by atoms with Gasteiger partial charge in [0.1, 0.15) is 11.6 Å². The van der Waals surface area contributed by atoms with E-state index in [0.29, 0.717) is 5.92 Å². The maximum Gasteiger partial charge on any atom is 0.163 e. The Morgan fingerprint density at radius 3 is 2.80 bits per heavy atom. The highest BCUT2D eigenvalue weighted by atomic mass is 32.1. The van der Waals surface area contributed by atoms with E-state index in [9.17, 15) is 0 Å². The van der Waals surface area contributed by atoms with E-state index in [1.165, 1.54) is 30.6 Å². The SMILES string of the molecule is Cc1ncsc1CCN(C)c1nc(C2CCCC2)nc2c1cnn2C. The summed E-state index contributed by atoms with van der Waals surface area (Å²) < 4.78 is 1.86. The van der Waals surface area contributed by atoms with Crippen molar-refractivity contribution in [1.29, 1.82) is 0 Å². The van der Waals surface area contributed by atoms with Gasteiger partial charge in [0.25, 0.3) is 0 Å². The number of nitrogens with zero attached hydrogens (tertiary/aromatic N) is 6. The highest BCUT2D eigenvalue weighted by Gasteiger charge is 2.23. The highest BCUT2D eigenvalue weighted by Crippen LogP contribution is 2.34. The van der Waals surface area contributed by atoms with Gasteiger partial charge in [-0.1, -0.05) is 12.8 Å². The second kappa shape index (κ2) is 6.71. The topological polar surface area (TPSA) is 59.7 Å². The Kier molecular flexibility index (Phi) is 4.41. The van der Waals surface area contributed by atoms with Crippen LogP contribution in [0.25, 0.3) is 11.0 Å². The molecular weight excluding hydrogens is 332 g/mol. The van der Waals surface area contributed by atoms with Crippen molar-refractivity contribution in [3.63, 3.8) is 0 Å². The van der Waals surface area contributed by atoms with Crippen LogP contribution in [0.2, 0.25) is 0 Å². The molecule has 1 aliphatic carbocycles. The van der Waals surface area contributed by atoms with Gasteiger partial charge in [0.05, 0.1) is 22.8 Å². The highest BCUT2D eigenvalue weighted by molar-refractivity contribution is 7.09. The zero-order valence-corrected chi connectivity index (χ0v) is 15.9. The lowest BCUT2D eigenvalue weighted by Gasteiger charge is -2.20. The minimum absolute atomic E-state index is 0.496. The molecule has 3 aromatic rings. The number of hydrogen-bond acceptors (Lipinski definition) is 6. The number of anilines is 1. The van der Waals surface area contributed by atoms with Crippen molar-refractivity contribution in [2.45, 2.75) is 44.9 Å². The van der Waals surface area contributed by atoms with Gasteiger partial charge >= 0.3 is 0 Å². The fourth-order valence-electron chi connectivity index (χ4n) is 3.62. The summed E-state index contributed by atoms with van der Waals surface area (Å²) in [6.07, 6.45) is 7.84. The molecule has 0 amide bonds. The molecule has 4 rings (SSSR count). The Morgan fingerprint density at radius 2 is 2.08 bits per heavy atom. The number of hydrogen-bond donors (Lipinski definition) is 0. The van der Waals surface area contributed by atoms with Gasteiger partial charge in [0.15, 0.2) is 5.65 Å². The maximum absolute atomic E-state index is 4.97. The molecule has 0 spiro atoms. The van der Waals surface area contributed by atoms with Crippen molar-refractivity contribution in [3.8, 4) is 0 Å². The maximum atomic E-state index is 4.97. The zero-order valence-electron chi connectivity index (χ0n) is 15.1. The molecule has 0 bridgehead atoms. The zero-order chi connectivity index (χ0) is 17.4. The van der Waals surface area contributed by atoms with Crippen LogP contribution in [-0.2, 0) is 13.5 Å². The predicted molar refractivity (Wildman–Crippen MR) is 101 cm³/mol. The van der Waals surface area contributed by atoms with Crippen LogP contribution in [-0.4, -0.2) is 38.3 Å². The molecule has 1 fully saturated rings. The van der Waals surface area contributed by atoms with Crippen molar-refractivity contribution in [1.82, 2.24) is 24.7 Å². The number of thiazole rings is 1. The average Bonchev–Trinajstić information content (AvgIpc) is 3.34. The molecule has 132 valence electrons. The predicted octanol–water partition coefficient (Wildman–Crippen LogP) is 3.46. The summed E-state index contributed by atoms with van der Waals surface area (Å²) in [5, 5.41) is 5.45. The van der Waals surface area contributed by atoms with Crippen molar-refractivity contribution in [2.75, 3.05) is 18.5 Å². The molecule has 0 unspecified atom stereocenters. The van der Waals surface area contributed by atoms with Crippen LogP contribution < -0.4 is 4.90 Å². The average molecular weight is 356 g/mol. The molecular formula is C18H24N6S. The van der Waals surface area contributed by atoms with Gasteiger partial charge in [-0.05, 0) is 19.8 Å². The first kappa shape index (κ1) is 16.4. The number of aromatic nitrogens is 5. The standard InChI is InChI=1S/C18H24N6S/c1-12-15(25-11-19-12)8-9-23(2)17-14-10-20-24(3)18(14)22-16(21-17)13-6-4-5-7-13/h10-11,13H,4-9H2,1-3H3. The Labute approximate surface area is 151 Å². The molecule has 3 heterocycles. The van der Waals surface area contributed by atoms with Gasteiger partial charge < -0.3 is 4.90 Å². The third-order valence-electron chi connectivity index (χ3n) is 5.19. The third kappa shape index (κ3) is 3.13. The summed E-state index contributed by atoms with van der Waals surface area (Å²) in [6, 6.07) is 0. The van der Waals surface area contributed by atoms with Crippen molar-refractivity contribution >= 4 is 28.2 Å². The fraction of sp³-hybridized carbons (Fsp3) is 0.556.